The molecule has 2 rings (SSSR count). The number of rotatable bonds is 4. The molecular weight excluding hydrogens is 206 g/mol. The molecule has 0 bridgehead atoms. The average molecular weight is 231 g/mol. The summed E-state index contributed by atoms with van der Waals surface area (Å²) >= 11 is 0. The van der Waals surface area contributed by atoms with E-state index in [-0.39, 0.29) is 0 Å². The minimum atomic E-state index is 0.796. The summed E-state index contributed by atoms with van der Waals surface area (Å²) in [5, 5.41) is 3.48. The standard InChI is InChI=1S/C16H25N/c1-12(2)9-13(3)10-14-6-7-16-15(11-14)5-4-8-17-16/h6-7,11-13,17H,4-5,8-10H2,1-3H3. The van der Waals surface area contributed by atoms with Gasteiger partial charge in [0.2, 0.25) is 0 Å². The Morgan fingerprint density at radius 1 is 1.24 bits per heavy atom. The van der Waals surface area contributed by atoms with Crippen molar-refractivity contribution in [2.75, 3.05) is 11.9 Å². The Labute approximate surface area is 106 Å². The van der Waals surface area contributed by atoms with Crippen molar-refractivity contribution >= 4 is 5.69 Å². The molecule has 17 heavy (non-hydrogen) atoms. The molecule has 0 amide bonds. The van der Waals surface area contributed by atoms with E-state index in [1.807, 2.05) is 0 Å². The lowest BCUT2D eigenvalue weighted by molar-refractivity contribution is 0.437. The average Bonchev–Trinajstić information content (AvgIpc) is 2.27. The van der Waals surface area contributed by atoms with Crippen molar-refractivity contribution < 1.29 is 0 Å². The van der Waals surface area contributed by atoms with Gasteiger partial charge in [-0.25, -0.2) is 0 Å². The van der Waals surface area contributed by atoms with Crippen molar-refractivity contribution in [3.8, 4) is 0 Å². The monoisotopic (exact) mass is 231 g/mol. The molecule has 0 saturated carbocycles. The lowest BCUT2D eigenvalue weighted by Gasteiger charge is -2.20. The van der Waals surface area contributed by atoms with Crippen molar-refractivity contribution in [1.82, 2.24) is 0 Å². The first-order valence-corrected chi connectivity index (χ1v) is 7.01. The molecule has 1 aromatic carbocycles. The second-order valence-corrected chi connectivity index (χ2v) is 5.96. The van der Waals surface area contributed by atoms with E-state index in [4.69, 9.17) is 0 Å². The Balaban J connectivity index is 2.01. The molecule has 0 aliphatic carbocycles. The van der Waals surface area contributed by atoms with Crippen LogP contribution in [0.5, 0.6) is 0 Å². The molecule has 0 radical (unpaired) electrons. The van der Waals surface area contributed by atoms with E-state index in [1.54, 1.807) is 0 Å². The van der Waals surface area contributed by atoms with Crippen LogP contribution >= 0.6 is 0 Å². The van der Waals surface area contributed by atoms with Crippen LogP contribution in [0.15, 0.2) is 18.2 Å². The van der Waals surface area contributed by atoms with Gasteiger partial charge in [-0.2, -0.15) is 0 Å². The number of hydrogen-bond donors (Lipinski definition) is 1. The third-order valence-corrected chi connectivity index (χ3v) is 3.57. The van der Waals surface area contributed by atoms with Gasteiger partial charge in [0.1, 0.15) is 0 Å². The molecule has 1 aliphatic heterocycles. The molecule has 1 N–H and O–H groups in total. The van der Waals surface area contributed by atoms with Crippen LogP contribution in [0.1, 0.15) is 44.7 Å². The Hall–Kier alpha value is -0.980. The molecule has 1 heteroatoms. The Kier molecular flexibility index (Phi) is 4.09. The number of fused-ring (bicyclic) bond motifs is 1. The zero-order valence-corrected chi connectivity index (χ0v) is 11.4. The SMILES string of the molecule is CC(C)CC(C)Cc1ccc2c(c1)CCCN2. The molecule has 1 atom stereocenters. The summed E-state index contributed by atoms with van der Waals surface area (Å²) in [4.78, 5) is 0. The summed E-state index contributed by atoms with van der Waals surface area (Å²) < 4.78 is 0. The number of anilines is 1. The third kappa shape index (κ3) is 3.49. The van der Waals surface area contributed by atoms with E-state index < -0.39 is 0 Å². The van der Waals surface area contributed by atoms with Crippen LogP contribution < -0.4 is 5.32 Å². The molecule has 1 nitrogen and oxygen atoms in total. The van der Waals surface area contributed by atoms with Crippen LogP contribution in [-0.2, 0) is 12.8 Å². The predicted molar refractivity (Wildman–Crippen MR) is 75.6 cm³/mol. The van der Waals surface area contributed by atoms with Gasteiger partial charge in [-0.15, -0.1) is 0 Å². The first-order valence-electron chi connectivity index (χ1n) is 7.01. The number of nitrogens with one attached hydrogen (secondary N) is 1. The summed E-state index contributed by atoms with van der Waals surface area (Å²) in [5.74, 6) is 1.61. The molecule has 1 unspecified atom stereocenters. The zero-order valence-electron chi connectivity index (χ0n) is 11.4. The van der Waals surface area contributed by atoms with Gasteiger partial charge in [0.15, 0.2) is 0 Å². The highest BCUT2D eigenvalue weighted by Gasteiger charge is 2.11. The van der Waals surface area contributed by atoms with Gasteiger partial charge in [-0.1, -0.05) is 32.9 Å². The molecule has 1 heterocycles. The number of hydrogen-bond acceptors (Lipinski definition) is 1. The minimum absolute atomic E-state index is 0.796. The van der Waals surface area contributed by atoms with Crippen LogP contribution in [-0.4, -0.2) is 6.54 Å². The molecule has 1 aliphatic rings. The third-order valence-electron chi connectivity index (χ3n) is 3.57. The normalized spacial score (nSPS) is 16.5. The van der Waals surface area contributed by atoms with Crippen LogP contribution in [0.4, 0.5) is 5.69 Å². The zero-order chi connectivity index (χ0) is 12.3. The highest BCUT2D eigenvalue weighted by Crippen LogP contribution is 2.25. The summed E-state index contributed by atoms with van der Waals surface area (Å²) in [7, 11) is 0. The van der Waals surface area contributed by atoms with E-state index in [0.717, 1.165) is 18.4 Å². The first kappa shape index (κ1) is 12.5. The van der Waals surface area contributed by atoms with Crippen molar-refractivity contribution in [1.29, 1.82) is 0 Å². The van der Waals surface area contributed by atoms with E-state index >= 15 is 0 Å². The molecular formula is C16H25N. The van der Waals surface area contributed by atoms with E-state index in [1.165, 1.54) is 42.5 Å². The molecule has 0 spiro atoms. The Bertz CT molecular complexity index is 368. The maximum Gasteiger partial charge on any atom is 0.0372 e. The van der Waals surface area contributed by atoms with Crippen molar-refractivity contribution in [3.63, 3.8) is 0 Å². The van der Waals surface area contributed by atoms with Crippen LogP contribution in [0.2, 0.25) is 0 Å². The first-order chi connectivity index (χ1) is 8.15. The Morgan fingerprint density at radius 3 is 2.82 bits per heavy atom. The van der Waals surface area contributed by atoms with Crippen molar-refractivity contribution in [2.45, 2.75) is 46.5 Å². The van der Waals surface area contributed by atoms with Gasteiger partial charge in [-0.3, -0.25) is 0 Å². The van der Waals surface area contributed by atoms with Gasteiger partial charge in [0.05, 0.1) is 0 Å². The second-order valence-electron chi connectivity index (χ2n) is 5.96. The second kappa shape index (κ2) is 5.57. The molecule has 1 aromatic rings. The van der Waals surface area contributed by atoms with Crippen LogP contribution in [0.25, 0.3) is 0 Å². The highest BCUT2D eigenvalue weighted by molar-refractivity contribution is 5.54. The molecule has 0 aromatic heterocycles. The van der Waals surface area contributed by atoms with Crippen molar-refractivity contribution in [3.05, 3.63) is 29.3 Å². The summed E-state index contributed by atoms with van der Waals surface area (Å²) in [6.45, 7) is 8.13. The van der Waals surface area contributed by atoms with Gasteiger partial charge in [-0.05, 0) is 54.7 Å². The summed E-state index contributed by atoms with van der Waals surface area (Å²) in [5.41, 5.74) is 4.39. The van der Waals surface area contributed by atoms with Gasteiger partial charge >= 0.3 is 0 Å². The van der Waals surface area contributed by atoms with Gasteiger partial charge < -0.3 is 5.32 Å². The lowest BCUT2D eigenvalue weighted by atomic mass is 9.91. The molecule has 0 saturated heterocycles. The minimum Gasteiger partial charge on any atom is -0.385 e. The van der Waals surface area contributed by atoms with Crippen LogP contribution in [0, 0.1) is 11.8 Å². The van der Waals surface area contributed by atoms with Crippen LogP contribution in [0.3, 0.4) is 0 Å². The summed E-state index contributed by atoms with van der Waals surface area (Å²) in [6, 6.07) is 6.98. The fourth-order valence-electron chi connectivity index (χ4n) is 2.95. The lowest BCUT2D eigenvalue weighted by Crippen LogP contribution is -2.12. The number of aryl methyl sites for hydroxylation is 1. The molecule has 0 fully saturated rings. The largest absolute Gasteiger partial charge is 0.385 e. The van der Waals surface area contributed by atoms with E-state index in [9.17, 15) is 0 Å². The highest BCUT2D eigenvalue weighted by atomic mass is 14.9. The van der Waals surface area contributed by atoms with Crippen molar-refractivity contribution in [2.24, 2.45) is 11.8 Å². The Morgan fingerprint density at radius 2 is 2.06 bits per heavy atom. The predicted octanol–water partition coefficient (Wildman–Crippen LogP) is 4.27. The molecule has 94 valence electrons. The maximum absolute atomic E-state index is 3.48. The topological polar surface area (TPSA) is 12.0 Å². The smallest absolute Gasteiger partial charge is 0.0372 e. The summed E-state index contributed by atoms with van der Waals surface area (Å²) in [6.07, 6.45) is 5.08. The fraction of sp³-hybridized carbons (Fsp3) is 0.625. The fourth-order valence-corrected chi connectivity index (χ4v) is 2.95. The van der Waals surface area contributed by atoms with E-state index in [0.29, 0.717) is 0 Å². The van der Waals surface area contributed by atoms with Gasteiger partial charge in [0, 0.05) is 12.2 Å². The van der Waals surface area contributed by atoms with E-state index in [2.05, 4.69) is 44.3 Å². The quantitative estimate of drug-likeness (QED) is 0.816. The van der Waals surface area contributed by atoms with Gasteiger partial charge in [0.25, 0.3) is 0 Å². The maximum atomic E-state index is 3.48. The number of benzene rings is 1.